The summed E-state index contributed by atoms with van der Waals surface area (Å²) >= 11 is 0. The molecule has 0 aromatic heterocycles. The van der Waals surface area contributed by atoms with Crippen LogP contribution in [-0.4, -0.2) is 42.1 Å². The Morgan fingerprint density at radius 1 is 1.24 bits per heavy atom. The molecule has 0 aliphatic carbocycles. The van der Waals surface area contributed by atoms with Crippen LogP contribution >= 0.6 is 12.4 Å². The number of benzene rings is 1. The van der Waals surface area contributed by atoms with Crippen molar-refractivity contribution >= 4 is 18.3 Å². The third-order valence-electron chi connectivity index (χ3n) is 4.24. The van der Waals surface area contributed by atoms with E-state index in [0.29, 0.717) is 12.1 Å². The first-order chi connectivity index (χ1) is 9.72. The van der Waals surface area contributed by atoms with Gasteiger partial charge in [-0.2, -0.15) is 0 Å². The fourth-order valence-corrected chi connectivity index (χ4v) is 3.15. The number of halogens is 1. The second kappa shape index (κ2) is 7.14. The molecule has 1 N–H and O–H groups in total. The normalized spacial score (nSPS) is 25.7. The first-order valence-electron chi connectivity index (χ1n) is 7.49. The molecule has 1 aromatic carbocycles. The van der Waals surface area contributed by atoms with E-state index < -0.39 is 6.10 Å². The zero-order valence-electron chi connectivity index (χ0n) is 12.3. The standard InChI is InChI=1S/C16H22N2O2.ClH/c1-12(20-15-5-3-2-4-6-15)16(19)18-10-9-13-7-8-14(11-18)17-13;/h2-6,12-14,17H,7-11H2,1H3;1H. The quantitative estimate of drug-likeness (QED) is 0.931. The summed E-state index contributed by atoms with van der Waals surface area (Å²) in [5, 5.41) is 3.59. The summed E-state index contributed by atoms with van der Waals surface area (Å²) in [4.78, 5) is 14.5. The van der Waals surface area contributed by atoms with E-state index in [2.05, 4.69) is 5.32 Å². The van der Waals surface area contributed by atoms with Gasteiger partial charge in [-0.1, -0.05) is 18.2 Å². The lowest BCUT2D eigenvalue weighted by molar-refractivity contribution is -0.138. The van der Waals surface area contributed by atoms with E-state index in [9.17, 15) is 4.79 Å². The Bertz CT molecular complexity index is 469. The lowest BCUT2D eigenvalue weighted by atomic mass is 10.1. The predicted molar refractivity (Wildman–Crippen MR) is 84.9 cm³/mol. The van der Waals surface area contributed by atoms with Crippen molar-refractivity contribution in [2.24, 2.45) is 0 Å². The maximum absolute atomic E-state index is 12.5. The molecule has 116 valence electrons. The second-order valence-electron chi connectivity index (χ2n) is 5.78. The summed E-state index contributed by atoms with van der Waals surface area (Å²) < 4.78 is 5.74. The number of hydrogen-bond acceptors (Lipinski definition) is 3. The molecular weight excluding hydrogens is 288 g/mol. The molecule has 2 heterocycles. The van der Waals surface area contributed by atoms with E-state index in [0.717, 1.165) is 25.3 Å². The number of carbonyl (C=O) groups excluding carboxylic acids is 1. The molecule has 0 spiro atoms. The molecule has 2 bridgehead atoms. The molecule has 2 fully saturated rings. The molecule has 1 amide bonds. The van der Waals surface area contributed by atoms with Crippen LogP contribution in [0.2, 0.25) is 0 Å². The topological polar surface area (TPSA) is 41.6 Å². The van der Waals surface area contributed by atoms with Crippen molar-refractivity contribution in [3.05, 3.63) is 30.3 Å². The van der Waals surface area contributed by atoms with Crippen LogP contribution in [0, 0.1) is 0 Å². The number of rotatable bonds is 3. The van der Waals surface area contributed by atoms with Gasteiger partial charge in [-0.3, -0.25) is 4.79 Å². The highest BCUT2D eigenvalue weighted by Gasteiger charge is 2.32. The molecule has 21 heavy (non-hydrogen) atoms. The van der Waals surface area contributed by atoms with Gasteiger partial charge in [-0.25, -0.2) is 0 Å². The molecule has 3 unspecified atom stereocenters. The largest absolute Gasteiger partial charge is 0.481 e. The van der Waals surface area contributed by atoms with Gasteiger partial charge in [-0.15, -0.1) is 12.4 Å². The highest BCUT2D eigenvalue weighted by Crippen LogP contribution is 2.21. The van der Waals surface area contributed by atoms with E-state index in [4.69, 9.17) is 4.74 Å². The number of likely N-dealkylation sites (tertiary alicyclic amines) is 1. The molecule has 0 radical (unpaired) electrons. The molecule has 0 saturated carbocycles. The number of amides is 1. The van der Waals surface area contributed by atoms with Crippen LogP contribution in [0.1, 0.15) is 26.2 Å². The van der Waals surface area contributed by atoms with Gasteiger partial charge in [0, 0.05) is 25.2 Å². The number of nitrogens with zero attached hydrogens (tertiary/aromatic N) is 1. The molecule has 3 rings (SSSR count). The van der Waals surface area contributed by atoms with Gasteiger partial charge < -0.3 is 15.0 Å². The van der Waals surface area contributed by atoms with Crippen LogP contribution in [0.5, 0.6) is 5.75 Å². The number of ether oxygens (including phenoxy) is 1. The van der Waals surface area contributed by atoms with Crippen molar-refractivity contribution in [1.29, 1.82) is 0 Å². The Morgan fingerprint density at radius 3 is 2.71 bits per heavy atom. The number of para-hydroxylation sites is 1. The molecule has 2 aliphatic rings. The van der Waals surface area contributed by atoms with Crippen LogP contribution in [-0.2, 0) is 4.79 Å². The van der Waals surface area contributed by atoms with Gasteiger partial charge >= 0.3 is 0 Å². The van der Waals surface area contributed by atoms with Crippen LogP contribution in [0.3, 0.4) is 0 Å². The Hall–Kier alpha value is -1.26. The van der Waals surface area contributed by atoms with Crippen molar-refractivity contribution in [1.82, 2.24) is 10.2 Å². The average Bonchev–Trinajstić information content (AvgIpc) is 2.79. The van der Waals surface area contributed by atoms with Crippen LogP contribution in [0.4, 0.5) is 0 Å². The van der Waals surface area contributed by atoms with Crippen molar-refractivity contribution < 1.29 is 9.53 Å². The van der Waals surface area contributed by atoms with Gasteiger partial charge in [0.15, 0.2) is 6.10 Å². The number of nitrogens with one attached hydrogen (secondary N) is 1. The SMILES string of the molecule is CC(Oc1ccccc1)C(=O)N1CCC2CCC(C1)N2.Cl. The highest BCUT2D eigenvalue weighted by atomic mass is 35.5. The van der Waals surface area contributed by atoms with E-state index >= 15 is 0 Å². The molecule has 2 saturated heterocycles. The molecule has 4 nitrogen and oxygen atoms in total. The zero-order valence-corrected chi connectivity index (χ0v) is 13.1. The number of fused-ring (bicyclic) bond motifs is 2. The summed E-state index contributed by atoms with van der Waals surface area (Å²) in [5.74, 6) is 0.853. The van der Waals surface area contributed by atoms with Crippen molar-refractivity contribution in [2.75, 3.05) is 13.1 Å². The first-order valence-corrected chi connectivity index (χ1v) is 7.49. The number of hydrogen-bond donors (Lipinski definition) is 1. The minimum absolute atomic E-state index is 0. The highest BCUT2D eigenvalue weighted by molar-refractivity contribution is 5.85. The van der Waals surface area contributed by atoms with Crippen LogP contribution < -0.4 is 10.1 Å². The maximum atomic E-state index is 12.5. The number of carbonyl (C=O) groups is 1. The monoisotopic (exact) mass is 310 g/mol. The first kappa shape index (κ1) is 16.1. The lowest BCUT2D eigenvalue weighted by Crippen LogP contribution is -2.44. The smallest absolute Gasteiger partial charge is 0.263 e. The molecule has 3 atom stereocenters. The summed E-state index contributed by atoms with van der Waals surface area (Å²) in [6.07, 6.45) is 3.07. The van der Waals surface area contributed by atoms with Crippen molar-refractivity contribution in [2.45, 2.75) is 44.4 Å². The third-order valence-corrected chi connectivity index (χ3v) is 4.24. The van der Waals surface area contributed by atoms with Gasteiger partial charge in [0.2, 0.25) is 0 Å². The summed E-state index contributed by atoms with van der Waals surface area (Å²) in [6.45, 7) is 3.50. The summed E-state index contributed by atoms with van der Waals surface area (Å²) in [5.41, 5.74) is 0. The second-order valence-corrected chi connectivity index (χ2v) is 5.78. The Kier molecular flexibility index (Phi) is 5.48. The molecule has 2 aliphatic heterocycles. The predicted octanol–water partition coefficient (Wildman–Crippen LogP) is 2.23. The average molecular weight is 311 g/mol. The Labute approximate surface area is 132 Å². The van der Waals surface area contributed by atoms with Gasteiger partial charge in [0.1, 0.15) is 5.75 Å². The zero-order chi connectivity index (χ0) is 13.9. The van der Waals surface area contributed by atoms with E-state index in [1.54, 1.807) is 0 Å². The van der Waals surface area contributed by atoms with E-state index in [1.165, 1.54) is 12.8 Å². The van der Waals surface area contributed by atoms with E-state index in [1.807, 2.05) is 42.2 Å². The van der Waals surface area contributed by atoms with Gasteiger partial charge in [-0.05, 0) is 38.3 Å². The van der Waals surface area contributed by atoms with Gasteiger partial charge in [0.05, 0.1) is 0 Å². The third kappa shape index (κ3) is 3.89. The van der Waals surface area contributed by atoms with Crippen LogP contribution in [0.25, 0.3) is 0 Å². The summed E-state index contributed by atoms with van der Waals surface area (Å²) in [7, 11) is 0. The van der Waals surface area contributed by atoms with E-state index in [-0.39, 0.29) is 18.3 Å². The lowest BCUT2D eigenvalue weighted by Gasteiger charge is -2.27. The molecular formula is C16H23ClN2O2. The fraction of sp³-hybridized carbons (Fsp3) is 0.562. The van der Waals surface area contributed by atoms with Crippen molar-refractivity contribution in [3.8, 4) is 5.75 Å². The Morgan fingerprint density at radius 2 is 1.95 bits per heavy atom. The minimum Gasteiger partial charge on any atom is -0.481 e. The summed E-state index contributed by atoms with van der Waals surface area (Å²) in [6, 6.07) is 10.6. The van der Waals surface area contributed by atoms with Crippen molar-refractivity contribution in [3.63, 3.8) is 0 Å². The van der Waals surface area contributed by atoms with Gasteiger partial charge in [0.25, 0.3) is 5.91 Å². The molecule has 1 aromatic rings. The molecule has 5 heteroatoms. The minimum atomic E-state index is -0.422. The fourth-order valence-electron chi connectivity index (χ4n) is 3.15. The van der Waals surface area contributed by atoms with Crippen LogP contribution in [0.15, 0.2) is 30.3 Å². The Balaban J connectivity index is 0.00000161. The maximum Gasteiger partial charge on any atom is 0.263 e.